The molecule has 2 aliphatic rings. The van der Waals surface area contributed by atoms with Gasteiger partial charge in [-0.3, -0.25) is 10.2 Å². The van der Waals surface area contributed by atoms with Crippen molar-refractivity contribution >= 4 is 23.6 Å². The lowest BCUT2D eigenvalue weighted by molar-refractivity contribution is 0.190. The van der Waals surface area contributed by atoms with Crippen LogP contribution < -0.4 is 10.6 Å². The van der Waals surface area contributed by atoms with Crippen molar-refractivity contribution in [3.8, 4) is 0 Å². The first-order chi connectivity index (χ1) is 12.0. The Labute approximate surface area is 152 Å². The van der Waals surface area contributed by atoms with Crippen LogP contribution in [0.5, 0.6) is 0 Å². The number of guanidine groups is 1. The standard InChI is InChI=1S/C17H22ClN5O2/c1-11(2)22-9-15-20-16(21-17(25)23(15)10-22)19-14(7-8-24)12-3-5-13(18)6-4-12/h3-6,9,11,14,24H,7-8,10H2,1-2H3,(H2,19,20,21,25). The molecule has 134 valence electrons. The van der Waals surface area contributed by atoms with Crippen LogP contribution in [-0.4, -0.2) is 46.2 Å². The Morgan fingerprint density at radius 2 is 2.00 bits per heavy atom. The zero-order valence-corrected chi connectivity index (χ0v) is 15.0. The maximum absolute atomic E-state index is 12.3. The lowest BCUT2D eigenvalue weighted by Gasteiger charge is -2.29. The number of halogens is 1. The van der Waals surface area contributed by atoms with Gasteiger partial charge < -0.3 is 15.3 Å². The van der Waals surface area contributed by atoms with Crippen LogP contribution in [0, 0.1) is 0 Å². The molecule has 1 aromatic rings. The number of urea groups is 1. The van der Waals surface area contributed by atoms with Gasteiger partial charge in [-0.05, 0) is 38.0 Å². The van der Waals surface area contributed by atoms with E-state index in [-0.39, 0.29) is 18.7 Å². The molecule has 1 aromatic carbocycles. The predicted molar refractivity (Wildman–Crippen MR) is 96.8 cm³/mol. The van der Waals surface area contributed by atoms with Crippen LogP contribution >= 0.6 is 11.6 Å². The summed E-state index contributed by atoms with van der Waals surface area (Å²) in [5, 5.41) is 15.9. The topological polar surface area (TPSA) is 80.2 Å². The van der Waals surface area contributed by atoms with Gasteiger partial charge >= 0.3 is 6.03 Å². The van der Waals surface area contributed by atoms with Crippen LogP contribution in [0.3, 0.4) is 0 Å². The van der Waals surface area contributed by atoms with Crippen LogP contribution in [0.1, 0.15) is 31.9 Å². The number of benzene rings is 1. The SMILES string of the molecule is CC(C)N1C=C2NC(=NC(CCO)c3ccc(Cl)cc3)NC(=O)N2C1. The van der Waals surface area contributed by atoms with E-state index < -0.39 is 0 Å². The van der Waals surface area contributed by atoms with E-state index in [1.807, 2.05) is 18.3 Å². The van der Waals surface area contributed by atoms with E-state index in [0.717, 1.165) is 5.56 Å². The Hall–Kier alpha value is -2.25. The summed E-state index contributed by atoms with van der Waals surface area (Å²) in [4.78, 5) is 20.6. The lowest BCUT2D eigenvalue weighted by atomic mass is 10.1. The highest BCUT2D eigenvalue weighted by molar-refractivity contribution is 6.30. The minimum absolute atomic E-state index is 0.00598. The minimum atomic E-state index is -0.278. The summed E-state index contributed by atoms with van der Waals surface area (Å²) in [7, 11) is 0. The van der Waals surface area contributed by atoms with E-state index in [2.05, 4.69) is 34.4 Å². The molecule has 1 fully saturated rings. The van der Waals surface area contributed by atoms with Crippen LogP contribution in [0.15, 0.2) is 41.3 Å². The molecule has 2 amide bonds. The number of aliphatic imine (C=N–C) groups is 1. The van der Waals surface area contributed by atoms with Gasteiger partial charge in [0.2, 0.25) is 5.96 Å². The van der Waals surface area contributed by atoms with E-state index in [1.54, 1.807) is 17.0 Å². The number of rotatable bonds is 5. The number of fused-ring (bicyclic) bond motifs is 1. The summed E-state index contributed by atoms with van der Waals surface area (Å²) in [6.07, 6.45) is 2.37. The van der Waals surface area contributed by atoms with E-state index in [4.69, 9.17) is 11.6 Å². The van der Waals surface area contributed by atoms with E-state index >= 15 is 0 Å². The Morgan fingerprint density at radius 1 is 1.28 bits per heavy atom. The fourth-order valence-electron chi connectivity index (χ4n) is 2.75. The summed E-state index contributed by atoms with van der Waals surface area (Å²) in [5.41, 5.74) is 0.925. The highest BCUT2D eigenvalue weighted by atomic mass is 35.5. The molecule has 0 spiro atoms. The van der Waals surface area contributed by atoms with Crippen molar-refractivity contribution in [2.24, 2.45) is 4.99 Å². The van der Waals surface area contributed by atoms with Crippen molar-refractivity contribution in [1.29, 1.82) is 0 Å². The molecule has 1 unspecified atom stereocenters. The number of carbonyl (C=O) groups excluding carboxylic acids is 1. The molecule has 0 aliphatic carbocycles. The number of aliphatic hydroxyl groups excluding tert-OH is 1. The summed E-state index contributed by atoms with van der Waals surface area (Å²) >= 11 is 5.93. The van der Waals surface area contributed by atoms with Crippen LogP contribution in [-0.2, 0) is 0 Å². The number of carbonyl (C=O) groups is 1. The summed E-state index contributed by atoms with van der Waals surface area (Å²) < 4.78 is 0. The third kappa shape index (κ3) is 3.88. The van der Waals surface area contributed by atoms with E-state index in [0.29, 0.717) is 35.9 Å². The Kier molecular flexibility index (Phi) is 5.15. The molecular weight excluding hydrogens is 342 g/mol. The quantitative estimate of drug-likeness (QED) is 0.749. The highest BCUT2D eigenvalue weighted by Gasteiger charge is 2.33. The Balaban J connectivity index is 1.82. The first kappa shape index (κ1) is 17.6. The number of hydrogen-bond acceptors (Lipinski definition) is 4. The molecule has 0 aromatic heterocycles. The number of hydrogen-bond donors (Lipinski definition) is 3. The van der Waals surface area contributed by atoms with Gasteiger partial charge in [-0.2, -0.15) is 0 Å². The minimum Gasteiger partial charge on any atom is -0.396 e. The van der Waals surface area contributed by atoms with Gasteiger partial charge in [0.05, 0.1) is 6.04 Å². The van der Waals surface area contributed by atoms with Crippen molar-refractivity contribution in [1.82, 2.24) is 20.4 Å². The van der Waals surface area contributed by atoms with Crippen LogP contribution in [0.2, 0.25) is 5.02 Å². The Morgan fingerprint density at radius 3 is 2.64 bits per heavy atom. The predicted octanol–water partition coefficient (Wildman–Crippen LogP) is 2.21. The van der Waals surface area contributed by atoms with Crippen LogP contribution in [0.25, 0.3) is 0 Å². The third-order valence-corrected chi connectivity index (χ3v) is 4.46. The van der Waals surface area contributed by atoms with Crippen molar-refractivity contribution < 1.29 is 9.90 Å². The molecule has 0 radical (unpaired) electrons. The highest BCUT2D eigenvalue weighted by Crippen LogP contribution is 2.24. The molecule has 25 heavy (non-hydrogen) atoms. The summed E-state index contributed by atoms with van der Waals surface area (Å²) in [5.74, 6) is 1.08. The normalized spacial score (nSPS) is 19.6. The number of aliphatic hydroxyl groups is 1. The van der Waals surface area contributed by atoms with Crippen molar-refractivity contribution in [2.45, 2.75) is 32.4 Å². The molecule has 1 saturated heterocycles. The maximum Gasteiger partial charge on any atom is 0.331 e. The van der Waals surface area contributed by atoms with E-state index in [9.17, 15) is 9.90 Å². The zero-order chi connectivity index (χ0) is 18.0. The molecule has 0 saturated carbocycles. The molecule has 0 bridgehead atoms. The second kappa shape index (κ2) is 7.33. The fraction of sp³-hybridized carbons (Fsp3) is 0.412. The number of nitrogens with zero attached hydrogens (tertiary/aromatic N) is 3. The molecule has 2 heterocycles. The number of amides is 2. The zero-order valence-electron chi connectivity index (χ0n) is 14.2. The fourth-order valence-corrected chi connectivity index (χ4v) is 2.87. The lowest BCUT2D eigenvalue weighted by Crippen LogP contribution is -2.55. The average Bonchev–Trinajstić information content (AvgIpc) is 3.00. The van der Waals surface area contributed by atoms with Crippen molar-refractivity contribution in [2.75, 3.05) is 13.3 Å². The maximum atomic E-state index is 12.3. The van der Waals surface area contributed by atoms with Gasteiger partial charge in [-0.15, -0.1) is 0 Å². The average molecular weight is 364 g/mol. The molecule has 3 rings (SSSR count). The molecule has 1 atom stereocenters. The van der Waals surface area contributed by atoms with E-state index in [1.165, 1.54) is 0 Å². The first-order valence-corrected chi connectivity index (χ1v) is 8.63. The van der Waals surface area contributed by atoms with Gasteiger partial charge in [-0.1, -0.05) is 23.7 Å². The monoisotopic (exact) mass is 363 g/mol. The molecule has 7 nitrogen and oxygen atoms in total. The smallest absolute Gasteiger partial charge is 0.331 e. The van der Waals surface area contributed by atoms with Gasteiger partial charge in [0.25, 0.3) is 0 Å². The molecule has 2 aliphatic heterocycles. The summed E-state index contributed by atoms with van der Waals surface area (Å²) in [6.45, 7) is 4.64. The molecule has 8 heteroatoms. The second-order valence-corrected chi connectivity index (χ2v) is 6.74. The first-order valence-electron chi connectivity index (χ1n) is 8.25. The van der Waals surface area contributed by atoms with Crippen molar-refractivity contribution in [3.05, 3.63) is 46.9 Å². The van der Waals surface area contributed by atoms with Gasteiger partial charge in [0.15, 0.2) is 0 Å². The van der Waals surface area contributed by atoms with Gasteiger partial charge in [0.1, 0.15) is 12.5 Å². The van der Waals surface area contributed by atoms with Crippen LogP contribution in [0.4, 0.5) is 4.79 Å². The van der Waals surface area contributed by atoms with Gasteiger partial charge in [0, 0.05) is 23.9 Å². The largest absolute Gasteiger partial charge is 0.396 e. The molecular formula is C17H22ClN5O2. The third-order valence-electron chi connectivity index (χ3n) is 4.21. The van der Waals surface area contributed by atoms with Crippen molar-refractivity contribution in [3.63, 3.8) is 0 Å². The Bertz CT molecular complexity index is 701. The number of nitrogens with one attached hydrogen (secondary N) is 2. The summed E-state index contributed by atoms with van der Waals surface area (Å²) in [6, 6.07) is 7.12. The van der Waals surface area contributed by atoms with Gasteiger partial charge in [-0.25, -0.2) is 9.79 Å². The second-order valence-electron chi connectivity index (χ2n) is 6.30. The molecule has 3 N–H and O–H groups in total.